The summed E-state index contributed by atoms with van der Waals surface area (Å²) in [5, 5.41) is 3.43. The Balaban J connectivity index is 2.25. The molecule has 3 heteroatoms. The molecule has 1 fully saturated rings. The number of piperidine rings is 1. The second-order valence-electron chi connectivity index (χ2n) is 3.62. The Bertz CT molecular complexity index is 111. The normalized spacial score (nSPS) is 32.2. The van der Waals surface area contributed by atoms with Crippen molar-refractivity contribution in [2.24, 2.45) is 5.41 Å². The molecule has 2 nitrogen and oxygen atoms in total. The van der Waals surface area contributed by atoms with Crippen LogP contribution in [-0.4, -0.2) is 25.9 Å². The monoisotopic (exact) mass is 174 g/mol. The molecule has 0 radical (unpaired) electrons. The average Bonchev–Trinajstić information content (AvgIpc) is 2.03. The highest BCUT2D eigenvalue weighted by atomic mass is 32.2. The molecule has 0 saturated carbocycles. The summed E-state index contributed by atoms with van der Waals surface area (Å²) in [4.78, 5) is 0. The molecule has 2 N–H and O–H groups in total. The summed E-state index contributed by atoms with van der Waals surface area (Å²) in [6.45, 7) is 5.85. The largest absolute Gasteiger partial charge is 0.316 e. The third-order valence-corrected chi connectivity index (χ3v) is 2.76. The molecular weight excluding hydrogens is 156 g/mol. The minimum Gasteiger partial charge on any atom is -0.316 e. The molecule has 1 heterocycles. The van der Waals surface area contributed by atoms with Crippen molar-refractivity contribution in [3.05, 3.63) is 0 Å². The number of rotatable bonds is 3. The van der Waals surface area contributed by atoms with Crippen molar-refractivity contribution in [2.45, 2.75) is 19.8 Å². The van der Waals surface area contributed by atoms with Crippen molar-refractivity contribution >= 4 is 11.9 Å². The molecule has 1 atom stereocenters. The van der Waals surface area contributed by atoms with E-state index in [4.69, 9.17) is 0 Å². The van der Waals surface area contributed by atoms with Gasteiger partial charge in [0.15, 0.2) is 0 Å². The molecule has 0 aromatic rings. The number of hydrogen-bond acceptors (Lipinski definition) is 3. The van der Waals surface area contributed by atoms with Crippen LogP contribution < -0.4 is 10.0 Å². The highest BCUT2D eigenvalue weighted by Crippen LogP contribution is 2.24. The zero-order valence-corrected chi connectivity index (χ0v) is 8.26. The predicted molar refractivity (Wildman–Crippen MR) is 51.7 cm³/mol. The van der Waals surface area contributed by atoms with Gasteiger partial charge in [0, 0.05) is 13.1 Å². The summed E-state index contributed by atoms with van der Waals surface area (Å²) in [7, 11) is 0. The summed E-state index contributed by atoms with van der Waals surface area (Å²) >= 11 is 1.72. The van der Waals surface area contributed by atoms with E-state index in [9.17, 15) is 0 Å². The van der Waals surface area contributed by atoms with Gasteiger partial charge in [0.25, 0.3) is 0 Å². The van der Waals surface area contributed by atoms with Crippen molar-refractivity contribution in [3.63, 3.8) is 0 Å². The predicted octanol–water partition coefficient (Wildman–Crippen LogP) is 1.24. The molecule has 1 aliphatic heterocycles. The third-order valence-electron chi connectivity index (χ3n) is 2.33. The Kier molecular flexibility index (Phi) is 3.69. The summed E-state index contributed by atoms with van der Waals surface area (Å²) in [5.74, 6) is 0. The smallest absolute Gasteiger partial charge is 0.0125 e. The molecule has 1 aliphatic rings. The molecule has 11 heavy (non-hydrogen) atoms. The van der Waals surface area contributed by atoms with Gasteiger partial charge in [-0.1, -0.05) is 18.9 Å². The SMILES string of the molecule is CSNCC1(C)CCCNC1. The van der Waals surface area contributed by atoms with Crippen LogP contribution in [0.1, 0.15) is 19.8 Å². The van der Waals surface area contributed by atoms with Gasteiger partial charge in [-0.05, 0) is 31.1 Å². The lowest BCUT2D eigenvalue weighted by molar-refractivity contribution is 0.240. The fraction of sp³-hybridized carbons (Fsp3) is 1.00. The fourth-order valence-electron chi connectivity index (χ4n) is 1.52. The molecule has 0 bridgehead atoms. The minimum absolute atomic E-state index is 0.487. The van der Waals surface area contributed by atoms with Gasteiger partial charge >= 0.3 is 0 Å². The Morgan fingerprint density at radius 2 is 2.45 bits per heavy atom. The first-order valence-electron chi connectivity index (χ1n) is 4.23. The highest BCUT2D eigenvalue weighted by Gasteiger charge is 2.25. The van der Waals surface area contributed by atoms with E-state index in [1.807, 2.05) is 0 Å². The summed E-state index contributed by atoms with van der Waals surface area (Å²) in [6, 6.07) is 0. The second-order valence-corrected chi connectivity index (χ2v) is 4.31. The quantitative estimate of drug-likeness (QED) is 0.630. The van der Waals surface area contributed by atoms with Crippen LogP contribution in [0.3, 0.4) is 0 Å². The van der Waals surface area contributed by atoms with E-state index in [0.29, 0.717) is 5.41 Å². The van der Waals surface area contributed by atoms with E-state index in [0.717, 1.165) is 6.54 Å². The third kappa shape index (κ3) is 3.01. The van der Waals surface area contributed by atoms with Crippen LogP contribution in [0.25, 0.3) is 0 Å². The van der Waals surface area contributed by atoms with E-state index in [-0.39, 0.29) is 0 Å². The number of nitrogens with one attached hydrogen (secondary N) is 2. The maximum Gasteiger partial charge on any atom is 0.0125 e. The van der Waals surface area contributed by atoms with Gasteiger partial charge in [-0.25, -0.2) is 0 Å². The van der Waals surface area contributed by atoms with Gasteiger partial charge in [-0.2, -0.15) is 0 Å². The van der Waals surface area contributed by atoms with Crippen molar-refractivity contribution in [1.82, 2.24) is 10.0 Å². The molecule has 0 amide bonds. The zero-order chi connectivity index (χ0) is 8.16. The van der Waals surface area contributed by atoms with Crippen LogP contribution in [0, 0.1) is 5.41 Å². The van der Waals surface area contributed by atoms with Crippen molar-refractivity contribution in [3.8, 4) is 0 Å². The maximum atomic E-state index is 3.43. The van der Waals surface area contributed by atoms with E-state index < -0.39 is 0 Å². The Hall–Kier alpha value is 0.270. The molecule has 0 aliphatic carbocycles. The number of hydrogen-bond donors (Lipinski definition) is 2. The van der Waals surface area contributed by atoms with E-state index in [1.54, 1.807) is 11.9 Å². The summed E-state index contributed by atoms with van der Waals surface area (Å²) in [6.07, 6.45) is 4.76. The van der Waals surface area contributed by atoms with Gasteiger partial charge in [0.2, 0.25) is 0 Å². The fourth-order valence-corrected chi connectivity index (χ4v) is 2.01. The maximum absolute atomic E-state index is 3.43. The van der Waals surface area contributed by atoms with Crippen LogP contribution >= 0.6 is 11.9 Å². The van der Waals surface area contributed by atoms with Crippen molar-refractivity contribution < 1.29 is 0 Å². The molecule has 66 valence electrons. The molecule has 1 rings (SSSR count). The average molecular weight is 174 g/mol. The first kappa shape index (κ1) is 9.36. The lowest BCUT2D eigenvalue weighted by atomic mass is 9.83. The Labute approximate surface area is 73.6 Å². The van der Waals surface area contributed by atoms with Crippen LogP contribution in [0.2, 0.25) is 0 Å². The van der Waals surface area contributed by atoms with Crippen molar-refractivity contribution in [2.75, 3.05) is 25.9 Å². The van der Waals surface area contributed by atoms with Crippen molar-refractivity contribution in [1.29, 1.82) is 0 Å². The lowest BCUT2D eigenvalue weighted by Crippen LogP contribution is -2.43. The molecule has 0 aromatic heterocycles. The minimum atomic E-state index is 0.487. The first-order valence-corrected chi connectivity index (χ1v) is 5.46. The molecule has 0 spiro atoms. The van der Waals surface area contributed by atoms with Gasteiger partial charge in [-0.15, -0.1) is 0 Å². The van der Waals surface area contributed by atoms with Crippen LogP contribution in [0.5, 0.6) is 0 Å². The topological polar surface area (TPSA) is 24.1 Å². The standard InChI is InChI=1S/C8H18N2S/c1-8(7-10-11-2)4-3-5-9-6-8/h9-10H,3-7H2,1-2H3. The van der Waals surface area contributed by atoms with Crippen LogP contribution in [0.4, 0.5) is 0 Å². The van der Waals surface area contributed by atoms with E-state index >= 15 is 0 Å². The lowest BCUT2D eigenvalue weighted by Gasteiger charge is -2.33. The molecule has 0 aromatic carbocycles. The Morgan fingerprint density at radius 3 is 3.00 bits per heavy atom. The van der Waals surface area contributed by atoms with E-state index in [2.05, 4.69) is 23.2 Å². The highest BCUT2D eigenvalue weighted by molar-refractivity contribution is 7.96. The van der Waals surface area contributed by atoms with Gasteiger partial charge in [0.1, 0.15) is 0 Å². The van der Waals surface area contributed by atoms with Gasteiger partial charge < -0.3 is 5.32 Å². The Morgan fingerprint density at radius 1 is 1.64 bits per heavy atom. The van der Waals surface area contributed by atoms with E-state index in [1.165, 1.54) is 25.9 Å². The van der Waals surface area contributed by atoms with Gasteiger partial charge in [-0.3, -0.25) is 4.72 Å². The summed E-state index contributed by atoms with van der Waals surface area (Å²) in [5.41, 5.74) is 0.487. The van der Waals surface area contributed by atoms with Gasteiger partial charge in [0.05, 0.1) is 0 Å². The van der Waals surface area contributed by atoms with Crippen LogP contribution in [-0.2, 0) is 0 Å². The van der Waals surface area contributed by atoms with Crippen LogP contribution in [0.15, 0.2) is 0 Å². The molecule has 1 unspecified atom stereocenters. The zero-order valence-electron chi connectivity index (χ0n) is 7.44. The first-order chi connectivity index (χ1) is 5.27. The molecule has 1 saturated heterocycles. The second kappa shape index (κ2) is 4.33. The summed E-state index contributed by atoms with van der Waals surface area (Å²) < 4.78 is 3.34. The molecular formula is C8H18N2S.